The summed E-state index contributed by atoms with van der Waals surface area (Å²) >= 11 is 6.11. The lowest BCUT2D eigenvalue weighted by Crippen LogP contribution is -1.98. The predicted octanol–water partition coefficient (Wildman–Crippen LogP) is 3.67. The Hall–Kier alpha value is -2.20. The van der Waals surface area contributed by atoms with Crippen LogP contribution in [-0.4, -0.2) is 10.2 Å². The topological polar surface area (TPSA) is 51.8 Å². The first-order chi connectivity index (χ1) is 9.16. The van der Waals surface area contributed by atoms with Crippen LogP contribution < -0.4 is 5.73 Å². The fourth-order valence-corrected chi connectivity index (χ4v) is 2.21. The van der Waals surface area contributed by atoms with E-state index in [0.717, 1.165) is 10.8 Å². The lowest BCUT2D eigenvalue weighted by molar-refractivity contribution is 0.628. The van der Waals surface area contributed by atoms with E-state index in [0.29, 0.717) is 22.1 Å². The summed E-state index contributed by atoms with van der Waals surface area (Å²) in [6.45, 7) is 0. The van der Waals surface area contributed by atoms with Gasteiger partial charge in [-0.25, -0.2) is 4.39 Å². The summed E-state index contributed by atoms with van der Waals surface area (Å²) in [6, 6.07) is 11.6. The second-order valence-electron chi connectivity index (χ2n) is 4.10. The largest absolute Gasteiger partial charge is 0.382 e. The second kappa shape index (κ2) is 4.48. The summed E-state index contributed by atoms with van der Waals surface area (Å²) < 4.78 is 13.4. The molecule has 0 unspecified atom stereocenters. The van der Waals surface area contributed by atoms with E-state index in [2.05, 4.69) is 10.2 Å². The van der Waals surface area contributed by atoms with Crippen LogP contribution >= 0.6 is 11.6 Å². The number of hydrogen-bond donors (Lipinski definition) is 1. The molecule has 0 saturated heterocycles. The number of fused-ring (bicyclic) bond motifs is 1. The van der Waals surface area contributed by atoms with Gasteiger partial charge in [-0.05, 0) is 18.2 Å². The van der Waals surface area contributed by atoms with Crippen molar-refractivity contribution in [2.24, 2.45) is 0 Å². The molecule has 0 fully saturated rings. The molecule has 3 nitrogen and oxygen atoms in total. The number of nitrogens with zero attached hydrogens (tertiary/aromatic N) is 2. The van der Waals surface area contributed by atoms with Crippen molar-refractivity contribution in [3.05, 3.63) is 53.3 Å². The number of hydrogen-bond acceptors (Lipinski definition) is 3. The van der Waals surface area contributed by atoms with Crippen LogP contribution in [0.1, 0.15) is 0 Å². The monoisotopic (exact) mass is 273 g/mol. The van der Waals surface area contributed by atoms with Crippen LogP contribution in [0.15, 0.2) is 42.5 Å². The molecule has 2 N–H and O–H groups in total. The molecule has 19 heavy (non-hydrogen) atoms. The van der Waals surface area contributed by atoms with Gasteiger partial charge in [0.1, 0.15) is 11.5 Å². The quantitative estimate of drug-likeness (QED) is 0.736. The highest BCUT2D eigenvalue weighted by Crippen LogP contribution is 2.33. The van der Waals surface area contributed by atoms with Gasteiger partial charge in [-0.1, -0.05) is 35.9 Å². The molecule has 0 aliphatic heterocycles. The minimum Gasteiger partial charge on any atom is -0.382 e. The van der Waals surface area contributed by atoms with Crippen molar-refractivity contribution in [3.63, 3.8) is 0 Å². The van der Waals surface area contributed by atoms with Gasteiger partial charge in [-0.15, -0.1) is 10.2 Å². The third kappa shape index (κ3) is 2.00. The number of rotatable bonds is 1. The fraction of sp³-hybridized carbons (Fsp3) is 0. The van der Waals surface area contributed by atoms with Crippen molar-refractivity contribution in [3.8, 4) is 11.3 Å². The number of anilines is 1. The van der Waals surface area contributed by atoms with Crippen molar-refractivity contribution < 1.29 is 4.39 Å². The van der Waals surface area contributed by atoms with Crippen LogP contribution in [-0.2, 0) is 0 Å². The molecule has 0 radical (unpaired) electrons. The Kier molecular flexibility index (Phi) is 2.80. The third-order valence-corrected chi connectivity index (χ3v) is 3.23. The van der Waals surface area contributed by atoms with Gasteiger partial charge in [-0.2, -0.15) is 0 Å². The molecule has 0 aliphatic rings. The molecular formula is C14H9ClFN3. The third-order valence-electron chi connectivity index (χ3n) is 2.90. The Morgan fingerprint density at radius 3 is 2.53 bits per heavy atom. The van der Waals surface area contributed by atoms with Gasteiger partial charge < -0.3 is 5.73 Å². The van der Waals surface area contributed by atoms with Crippen molar-refractivity contribution in [1.29, 1.82) is 0 Å². The fourth-order valence-electron chi connectivity index (χ4n) is 2.00. The maximum absolute atomic E-state index is 13.4. The number of halogens is 2. The van der Waals surface area contributed by atoms with Crippen LogP contribution in [0.3, 0.4) is 0 Å². The first kappa shape index (κ1) is 11.9. The highest BCUT2D eigenvalue weighted by Gasteiger charge is 2.12. The first-order valence-electron chi connectivity index (χ1n) is 5.63. The molecule has 5 heteroatoms. The number of nitrogen functional groups attached to an aromatic ring is 1. The summed E-state index contributed by atoms with van der Waals surface area (Å²) in [5.41, 5.74) is 6.82. The molecule has 1 aromatic heterocycles. The van der Waals surface area contributed by atoms with Gasteiger partial charge in [0.05, 0.1) is 5.02 Å². The van der Waals surface area contributed by atoms with E-state index < -0.39 is 0 Å². The van der Waals surface area contributed by atoms with E-state index in [1.807, 2.05) is 24.3 Å². The molecule has 0 atom stereocenters. The number of aromatic nitrogens is 2. The zero-order valence-corrected chi connectivity index (χ0v) is 10.5. The summed E-state index contributed by atoms with van der Waals surface area (Å²) in [4.78, 5) is 0. The molecule has 2 aromatic carbocycles. The highest BCUT2D eigenvalue weighted by molar-refractivity contribution is 6.33. The molecule has 0 amide bonds. The van der Waals surface area contributed by atoms with E-state index in [1.54, 1.807) is 0 Å². The molecule has 0 bridgehead atoms. The minimum absolute atomic E-state index is 0.340. The van der Waals surface area contributed by atoms with E-state index in [1.165, 1.54) is 18.2 Å². The Morgan fingerprint density at radius 1 is 1.00 bits per heavy atom. The lowest BCUT2D eigenvalue weighted by atomic mass is 10.0. The van der Waals surface area contributed by atoms with Crippen molar-refractivity contribution >= 4 is 28.2 Å². The maximum atomic E-state index is 13.4. The van der Waals surface area contributed by atoms with Crippen LogP contribution in [0.2, 0.25) is 5.02 Å². The van der Waals surface area contributed by atoms with Crippen molar-refractivity contribution in [2.45, 2.75) is 0 Å². The second-order valence-corrected chi connectivity index (χ2v) is 4.51. The summed E-state index contributed by atoms with van der Waals surface area (Å²) in [6.07, 6.45) is 0. The molecular weight excluding hydrogens is 265 g/mol. The molecule has 3 rings (SSSR count). The summed E-state index contributed by atoms with van der Waals surface area (Å²) in [5.74, 6) is -0.0334. The Morgan fingerprint density at radius 2 is 1.74 bits per heavy atom. The van der Waals surface area contributed by atoms with Gasteiger partial charge in [0, 0.05) is 16.3 Å². The molecule has 3 aromatic rings. The highest BCUT2D eigenvalue weighted by atomic mass is 35.5. The minimum atomic E-state index is -0.373. The molecule has 1 heterocycles. The molecule has 94 valence electrons. The van der Waals surface area contributed by atoms with Crippen molar-refractivity contribution in [1.82, 2.24) is 10.2 Å². The van der Waals surface area contributed by atoms with Crippen LogP contribution in [0.25, 0.3) is 22.0 Å². The van der Waals surface area contributed by atoms with Crippen LogP contribution in [0, 0.1) is 5.82 Å². The lowest BCUT2D eigenvalue weighted by Gasteiger charge is -2.08. The van der Waals surface area contributed by atoms with Crippen LogP contribution in [0.4, 0.5) is 10.2 Å². The standard InChI is InChI=1S/C14H9ClFN3/c15-12-6-5-8(16)7-11(12)13-9-3-1-2-4-10(9)14(17)19-18-13/h1-7H,(H2,17,19). The van der Waals surface area contributed by atoms with E-state index in [4.69, 9.17) is 17.3 Å². The summed E-state index contributed by atoms with van der Waals surface area (Å²) in [7, 11) is 0. The SMILES string of the molecule is Nc1nnc(-c2cc(F)ccc2Cl)c2ccccc12. The number of nitrogens with two attached hydrogens (primary N) is 1. The van der Waals surface area contributed by atoms with E-state index >= 15 is 0 Å². The van der Waals surface area contributed by atoms with Crippen LogP contribution in [0.5, 0.6) is 0 Å². The average molecular weight is 274 g/mol. The van der Waals surface area contributed by atoms with Crippen molar-refractivity contribution in [2.75, 3.05) is 5.73 Å². The van der Waals surface area contributed by atoms with Gasteiger partial charge in [0.15, 0.2) is 5.82 Å². The summed E-state index contributed by atoms with van der Waals surface area (Å²) in [5, 5.41) is 9.94. The zero-order valence-electron chi connectivity index (χ0n) is 9.77. The van der Waals surface area contributed by atoms with Gasteiger partial charge in [0.25, 0.3) is 0 Å². The van der Waals surface area contributed by atoms with E-state index in [9.17, 15) is 4.39 Å². The van der Waals surface area contributed by atoms with Gasteiger partial charge in [-0.3, -0.25) is 0 Å². The Labute approximate surface area is 113 Å². The van der Waals surface area contributed by atoms with E-state index in [-0.39, 0.29) is 5.82 Å². The molecule has 0 saturated carbocycles. The smallest absolute Gasteiger partial charge is 0.154 e. The Bertz CT molecular complexity index is 774. The first-order valence-corrected chi connectivity index (χ1v) is 6.01. The Balaban J connectivity index is 2.37. The molecule has 0 spiro atoms. The average Bonchev–Trinajstić information content (AvgIpc) is 2.43. The maximum Gasteiger partial charge on any atom is 0.154 e. The van der Waals surface area contributed by atoms with Gasteiger partial charge in [0.2, 0.25) is 0 Å². The van der Waals surface area contributed by atoms with Gasteiger partial charge >= 0.3 is 0 Å². The zero-order chi connectivity index (χ0) is 13.4. The predicted molar refractivity (Wildman–Crippen MR) is 74.4 cm³/mol. The molecule has 0 aliphatic carbocycles. The normalized spacial score (nSPS) is 10.8. The number of benzene rings is 2.